The summed E-state index contributed by atoms with van der Waals surface area (Å²) in [7, 11) is 1.36. The van der Waals surface area contributed by atoms with Gasteiger partial charge in [-0.25, -0.2) is 15.0 Å². The number of methoxy groups -OCH3 is 1. The molecule has 2 heterocycles. The zero-order valence-electron chi connectivity index (χ0n) is 15.3. The maximum atomic E-state index is 10.4. The van der Waals surface area contributed by atoms with Crippen molar-refractivity contribution in [2.75, 3.05) is 18.6 Å². The Bertz CT molecular complexity index is 1130. The second-order valence-electron chi connectivity index (χ2n) is 5.57. The standard InChI is InChI=1S/C11H9N5S.C7H8N2O3/c12-9-8-10(14-6-13-9)16-11(15-8)17-7-4-2-1-3-5-7;1-12-6-4-2-3-5(8)7(6)9(10)11/h1-6H,(H3,12,13,14,15,16);2-4H,8H2,1H3. The summed E-state index contributed by atoms with van der Waals surface area (Å²) in [5, 5.41) is 11.2. The molecule has 0 saturated carbocycles. The van der Waals surface area contributed by atoms with Gasteiger partial charge in [-0.2, -0.15) is 0 Å². The summed E-state index contributed by atoms with van der Waals surface area (Å²) < 4.78 is 4.77. The van der Waals surface area contributed by atoms with Crippen LogP contribution in [0.5, 0.6) is 5.75 Å². The predicted molar refractivity (Wildman–Crippen MR) is 111 cm³/mol. The van der Waals surface area contributed by atoms with Gasteiger partial charge in [0.1, 0.15) is 17.5 Å². The van der Waals surface area contributed by atoms with Crippen molar-refractivity contribution >= 4 is 40.1 Å². The number of imidazole rings is 1. The van der Waals surface area contributed by atoms with E-state index in [4.69, 9.17) is 16.2 Å². The quantitative estimate of drug-likeness (QED) is 0.260. The first-order valence-electron chi connectivity index (χ1n) is 8.25. The Balaban J connectivity index is 0.000000177. The number of hydrogen-bond acceptors (Lipinski definition) is 9. The number of H-pyrrole nitrogens is 1. The number of fused-ring (bicyclic) bond motifs is 1. The van der Waals surface area contributed by atoms with Crippen LogP contribution in [-0.2, 0) is 0 Å². The van der Waals surface area contributed by atoms with Crippen LogP contribution < -0.4 is 16.2 Å². The molecule has 0 atom stereocenters. The van der Waals surface area contributed by atoms with Crippen LogP contribution >= 0.6 is 11.8 Å². The third-order valence-electron chi connectivity index (χ3n) is 3.69. The normalized spacial score (nSPS) is 10.2. The first-order chi connectivity index (χ1) is 14.0. The minimum absolute atomic E-state index is 0.111. The van der Waals surface area contributed by atoms with Crippen molar-refractivity contribution in [2.24, 2.45) is 0 Å². The summed E-state index contributed by atoms with van der Waals surface area (Å²) in [5.74, 6) is 0.599. The molecule has 0 radical (unpaired) electrons. The number of para-hydroxylation sites is 1. The molecule has 0 aliphatic heterocycles. The lowest BCUT2D eigenvalue weighted by atomic mass is 10.2. The average molecular weight is 411 g/mol. The van der Waals surface area contributed by atoms with Crippen LogP contribution in [0.1, 0.15) is 0 Å². The smallest absolute Gasteiger partial charge is 0.333 e. The van der Waals surface area contributed by atoms with Crippen LogP contribution in [0.25, 0.3) is 11.2 Å². The molecule has 2 aromatic carbocycles. The molecule has 148 valence electrons. The molecule has 0 aliphatic carbocycles. The third kappa shape index (κ3) is 4.71. The summed E-state index contributed by atoms with van der Waals surface area (Å²) in [6.45, 7) is 0. The van der Waals surface area contributed by atoms with E-state index in [1.165, 1.54) is 37.3 Å². The van der Waals surface area contributed by atoms with Gasteiger partial charge in [0.05, 0.1) is 12.0 Å². The number of nitro benzene ring substituents is 1. The van der Waals surface area contributed by atoms with Crippen LogP contribution in [0.4, 0.5) is 17.2 Å². The SMILES string of the molecule is COc1cccc(N)c1[N+](=O)[O-].Nc1ncnc2nc(Sc3ccccc3)[nH]c12. The molecule has 10 nitrogen and oxygen atoms in total. The Labute approximate surface area is 169 Å². The first-order valence-corrected chi connectivity index (χ1v) is 9.07. The molecule has 0 spiro atoms. The molecule has 0 amide bonds. The van der Waals surface area contributed by atoms with Crippen LogP contribution in [-0.4, -0.2) is 32.0 Å². The molecule has 4 aromatic rings. The van der Waals surface area contributed by atoms with E-state index in [0.29, 0.717) is 17.0 Å². The van der Waals surface area contributed by atoms with E-state index >= 15 is 0 Å². The maximum absolute atomic E-state index is 10.4. The predicted octanol–water partition coefficient (Wildman–Crippen LogP) is 3.27. The van der Waals surface area contributed by atoms with Crippen molar-refractivity contribution in [3.05, 3.63) is 65.0 Å². The molecule has 5 N–H and O–H groups in total. The van der Waals surface area contributed by atoms with Crippen molar-refractivity contribution < 1.29 is 9.66 Å². The van der Waals surface area contributed by atoms with Crippen LogP contribution in [0.15, 0.2) is 64.9 Å². The highest BCUT2D eigenvalue weighted by Crippen LogP contribution is 2.31. The van der Waals surface area contributed by atoms with Gasteiger partial charge in [0.15, 0.2) is 22.4 Å². The van der Waals surface area contributed by atoms with Gasteiger partial charge in [-0.3, -0.25) is 10.1 Å². The number of nitro groups is 1. The van der Waals surface area contributed by atoms with E-state index in [1.54, 1.807) is 6.07 Å². The van der Waals surface area contributed by atoms with E-state index in [-0.39, 0.29) is 17.1 Å². The van der Waals surface area contributed by atoms with Crippen LogP contribution in [0.2, 0.25) is 0 Å². The number of ether oxygens (including phenoxy) is 1. The second-order valence-corrected chi connectivity index (χ2v) is 6.63. The summed E-state index contributed by atoms with van der Waals surface area (Å²) in [4.78, 5) is 26.4. The molecule has 29 heavy (non-hydrogen) atoms. The molecule has 0 saturated heterocycles. The third-order valence-corrected chi connectivity index (χ3v) is 4.58. The Kier molecular flexibility index (Phi) is 6.09. The Morgan fingerprint density at radius 1 is 1.10 bits per heavy atom. The second kappa shape index (κ2) is 8.89. The number of anilines is 2. The summed E-state index contributed by atoms with van der Waals surface area (Å²) in [6, 6.07) is 14.5. The number of benzene rings is 2. The minimum atomic E-state index is -0.561. The zero-order chi connectivity index (χ0) is 20.8. The fourth-order valence-corrected chi connectivity index (χ4v) is 3.17. The molecule has 0 bridgehead atoms. The lowest BCUT2D eigenvalue weighted by Gasteiger charge is -2.02. The van der Waals surface area contributed by atoms with Crippen molar-refractivity contribution in [1.29, 1.82) is 0 Å². The first kappa shape index (κ1) is 19.9. The van der Waals surface area contributed by atoms with Crippen LogP contribution in [0, 0.1) is 10.1 Å². The lowest BCUT2D eigenvalue weighted by molar-refractivity contribution is -0.384. The Morgan fingerprint density at radius 2 is 1.86 bits per heavy atom. The van der Waals surface area contributed by atoms with Crippen molar-refractivity contribution in [3.63, 3.8) is 0 Å². The molecule has 4 rings (SSSR count). The topological polar surface area (TPSA) is 159 Å². The van der Waals surface area contributed by atoms with Gasteiger partial charge in [0, 0.05) is 4.90 Å². The van der Waals surface area contributed by atoms with Gasteiger partial charge in [-0.15, -0.1) is 0 Å². The highest BCUT2D eigenvalue weighted by Gasteiger charge is 2.17. The van der Waals surface area contributed by atoms with Crippen molar-refractivity contribution in [2.45, 2.75) is 10.1 Å². The fourth-order valence-electron chi connectivity index (χ4n) is 2.37. The number of nitrogens with zero attached hydrogens (tertiary/aromatic N) is 4. The molecule has 2 aromatic heterocycles. The van der Waals surface area contributed by atoms with Crippen molar-refractivity contribution in [3.8, 4) is 5.75 Å². The molecule has 0 aliphatic rings. The lowest BCUT2D eigenvalue weighted by Crippen LogP contribution is -1.98. The average Bonchev–Trinajstić information content (AvgIpc) is 3.12. The number of aromatic nitrogens is 4. The van der Waals surface area contributed by atoms with Gasteiger partial charge in [-0.05, 0) is 24.3 Å². The molecule has 0 fully saturated rings. The summed E-state index contributed by atoms with van der Waals surface area (Å²) in [6.07, 6.45) is 1.41. The van der Waals surface area contributed by atoms with E-state index < -0.39 is 4.92 Å². The van der Waals surface area contributed by atoms with Gasteiger partial charge in [0.2, 0.25) is 0 Å². The van der Waals surface area contributed by atoms with E-state index in [9.17, 15) is 10.1 Å². The Hall–Kier alpha value is -3.86. The monoisotopic (exact) mass is 411 g/mol. The number of rotatable bonds is 4. The number of hydrogen-bond donors (Lipinski definition) is 3. The molecule has 11 heteroatoms. The minimum Gasteiger partial charge on any atom is -0.490 e. The van der Waals surface area contributed by atoms with Gasteiger partial charge in [-0.1, -0.05) is 36.0 Å². The van der Waals surface area contributed by atoms with Crippen LogP contribution in [0.3, 0.4) is 0 Å². The highest BCUT2D eigenvalue weighted by atomic mass is 32.2. The summed E-state index contributed by atoms with van der Waals surface area (Å²) in [5.41, 5.74) is 12.3. The Morgan fingerprint density at radius 3 is 2.48 bits per heavy atom. The molecule has 0 unspecified atom stereocenters. The van der Waals surface area contributed by atoms with E-state index in [2.05, 4.69) is 19.9 Å². The number of nitrogens with two attached hydrogens (primary N) is 2. The van der Waals surface area contributed by atoms with Gasteiger partial charge < -0.3 is 21.2 Å². The maximum Gasteiger partial charge on any atom is 0.333 e. The van der Waals surface area contributed by atoms with Crippen molar-refractivity contribution in [1.82, 2.24) is 19.9 Å². The molecular weight excluding hydrogens is 394 g/mol. The molecular formula is C18H17N7O3S. The number of nitrogen functional groups attached to an aromatic ring is 2. The fraction of sp³-hybridized carbons (Fsp3) is 0.0556. The number of aromatic amines is 1. The largest absolute Gasteiger partial charge is 0.490 e. The highest BCUT2D eigenvalue weighted by molar-refractivity contribution is 7.99. The van der Waals surface area contributed by atoms with E-state index in [1.807, 2.05) is 30.3 Å². The van der Waals surface area contributed by atoms with E-state index in [0.717, 1.165) is 10.1 Å². The number of nitrogens with one attached hydrogen (secondary N) is 1. The summed E-state index contributed by atoms with van der Waals surface area (Å²) >= 11 is 1.53. The zero-order valence-corrected chi connectivity index (χ0v) is 16.1. The van der Waals surface area contributed by atoms with Gasteiger partial charge >= 0.3 is 5.69 Å². The van der Waals surface area contributed by atoms with Gasteiger partial charge in [0.25, 0.3) is 0 Å².